The number of aliphatic hydroxyl groups excluding tert-OH is 1. The highest BCUT2D eigenvalue weighted by Crippen LogP contribution is 2.25. The van der Waals surface area contributed by atoms with E-state index >= 15 is 0 Å². The molecule has 0 atom stereocenters. The van der Waals surface area contributed by atoms with Crippen LogP contribution in [0.5, 0.6) is 5.75 Å². The lowest BCUT2D eigenvalue weighted by Gasteiger charge is -2.17. The Morgan fingerprint density at radius 2 is 2.22 bits per heavy atom. The maximum absolute atomic E-state index is 11.7. The van der Waals surface area contributed by atoms with Gasteiger partial charge in [0.25, 0.3) is 0 Å². The molecule has 0 aliphatic heterocycles. The first-order valence-corrected chi connectivity index (χ1v) is 6.13. The van der Waals surface area contributed by atoms with Crippen LogP contribution in [0.25, 0.3) is 0 Å². The number of halogens is 1. The zero-order chi connectivity index (χ0) is 13.5. The second kappa shape index (κ2) is 7.24. The number of carbonyl (C=O) groups excluding carboxylic acids is 1. The van der Waals surface area contributed by atoms with Crippen LogP contribution >= 0.6 is 11.6 Å². The molecule has 4 nitrogen and oxygen atoms in total. The summed E-state index contributed by atoms with van der Waals surface area (Å²) in [4.78, 5) is 13.3. The summed E-state index contributed by atoms with van der Waals surface area (Å²) in [6, 6.07) is 5.44. The van der Waals surface area contributed by atoms with Crippen molar-refractivity contribution in [3.63, 3.8) is 0 Å². The molecule has 100 valence electrons. The van der Waals surface area contributed by atoms with E-state index in [0.717, 1.165) is 5.56 Å². The molecule has 0 saturated carbocycles. The smallest absolute Gasteiger partial charge is 0.222 e. The Labute approximate surface area is 112 Å². The molecule has 0 saturated heterocycles. The SMILES string of the molecule is COc1ccc(CN(C)C(=O)CCCO)cc1Cl. The van der Waals surface area contributed by atoms with Gasteiger partial charge in [-0.3, -0.25) is 4.79 Å². The van der Waals surface area contributed by atoms with Gasteiger partial charge < -0.3 is 14.7 Å². The van der Waals surface area contributed by atoms with E-state index in [9.17, 15) is 4.79 Å². The average Bonchev–Trinajstić information content (AvgIpc) is 2.36. The number of carbonyl (C=O) groups is 1. The molecule has 0 aliphatic carbocycles. The van der Waals surface area contributed by atoms with Crippen LogP contribution in [0.2, 0.25) is 5.02 Å². The van der Waals surface area contributed by atoms with Gasteiger partial charge in [0.05, 0.1) is 12.1 Å². The molecule has 0 unspecified atom stereocenters. The Morgan fingerprint density at radius 1 is 1.50 bits per heavy atom. The molecule has 0 bridgehead atoms. The van der Waals surface area contributed by atoms with Crippen molar-refractivity contribution < 1.29 is 14.6 Å². The zero-order valence-electron chi connectivity index (χ0n) is 10.6. The van der Waals surface area contributed by atoms with E-state index in [0.29, 0.717) is 30.2 Å². The van der Waals surface area contributed by atoms with Crippen LogP contribution in [0.4, 0.5) is 0 Å². The van der Waals surface area contributed by atoms with Crippen molar-refractivity contribution in [2.75, 3.05) is 20.8 Å². The maximum atomic E-state index is 11.7. The molecule has 0 heterocycles. The number of benzene rings is 1. The normalized spacial score (nSPS) is 10.2. The lowest BCUT2D eigenvalue weighted by atomic mass is 10.2. The molecule has 18 heavy (non-hydrogen) atoms. The van der Waals surface area contributed by atoms with Crippen LogP contribution < -0.4 is 4.74 Å². The topological polar surface area (TPSA) is 49.8 Å². The molecular weight excluding hydrogens is 254 g/mol. The Hall–Kier alpha value is -1.26. The highest BCUT2D eigenvalue weighted by atomic mass is 35.5. The van der Waals surface area contributed by atoms with Crippen molar-refractivity contribution in [3.05, 3.63) is 28.8 Å². The second-order valence-corrected chi connectivity index (χ2v) is 4.45. The van der Waals surface area contributed by atoms with E-state index in [2.05, 4.69) is 0 Å². The van der Waals surface area contributed by atoms with Crippen LogP contribution in [-0.2, 0) is 11.3 Å². The van der Waals surface area contributed by atoms with E-state index in [1.807, 2.05) is 6.07 Å². The van der Waals surface area contributed by atoms with E-state index < -0.39 is 0 Å². The fourth-order valence-electron chi connectivity index (χ4n) is 1.59. The quantitative estimate of drug-likeness (QED) is 0.862. The van der Waals surface area contributed by atoms with Crippen molar-refractivity contribution in [2.24, 2.45) is 0 Å². The van der Waals surface area contributed by atoms with E-state index in [1.165, 1.54) is 0 Å². The van der Waals surface area contributed by atoms with Gasteiger partial charge in [0.1, 0.15) is 5.75 Å². The number of hydrogen-bond acceptors (Lipinski definition) is 3. The van der Waals surface area contributed by atoms with Crippen molar-refractivity contribution >= 4 is 17.5 Å². The monoisotopic (exact) mass is 271 g/mol. The van der Waals surface area contributed by atoms with Crippen LogP contribution in [0.3, 0.4) is 0 Å². The van der Waals surface area contributed by atoms with E-state index in [-0.39, 0.29) is 12.5 Å². The number of nitrogens with zero attached hydrogens (tertiary/aromatic N) is 1. The largest absolute Gasteiger partial charge is 0.495 e. The van der Waals surface area contributed by atoms with Crippen LogP contribution in [0.15, 0.2) is 18.2 Å². The molecule has 0 aliphatic rings. The second-order valence-electron chi connectivity index (χ2n) is 4.05. The van der Waals surface area contributed by atoms with Gasteiger partial charge in [-0.05, 0) is 24.1 Å². The zero-order valence-corrected chi connectivity index (χ0v) is 11.4. The van der Waals surface area contributed by atoms with Crippen molar-refractivity contribution in [1.82, 2.24) is 4.90 Å². The fourth-order valence-corrected chi connectivity index (χ4v) is 1.87. The number of aliphatic hydroxyl groups is 1. The first-order chi connectivity index (χ1) is 8.58. The van der Waals surface area contributed by atoms with Gasteiger partial charge in [0, 0.05) is 26.6 Å². The summed E-state index contributed by atoms with van der Waals surface area (Å²) in [5.41, 5.74) is 0.945. The Kier molecular flexibility index (Phi) is 5.95. The number of rotatable bonds is 6. The number of methoxy groups -OCH3 is 1. The molecule has 1 aromatic rings. The van der Waals surface area contributed by atoms with Crippen LogP contribution in [-0.4, -0.2) is 36.7 Å². The first-order valence-electron chi connectivity index (χ1n) is 5.75. The summed E-state index contributed by atoms with van der Waals surface area (Å²) >= 11 is 6.01. The summed E-state index contributed by atoms with van der Waals surface area (Å²) in [5, 5.41) is 9.21. The molecular formula is C13H18ClNO3. The van der Waals surface area contributed by atoms with Gasteiger partial charge >= 0.3 is 0 Å². The lowest BCUT2D eigenvalue weighted by molar-refractivity contribution is -0.130. The minimum absolute atomic E-state index is 0.0102. The molecule has 1 aromatic carbocycles. The summed E-state index contributed by atoms with van der Waals surface area (Å²) in [5.74, 6) is 0.630. The molecule has 0 radical (unpaired) electrons. The third-order valence-corrected chi connectivity index (χ3v) is 2.91. The highest BCUT2D eigenvalue weighted by Gasteiger charge is 2.10. The van der Waals surface area contributed by atoms with Crippen molar-refractivity contribution in [3.8, 4) is 5.75 Å². The molecule has 1 amide bonds. The maximum Gasteiger partial charge on any atom is 0.222 e. The molecule has 0 spiro atoms. The summed E-state index contributed by atoms with van der Waals surface area (Å²) in [6.45, 7) is 0.530. The predicted octanol–water partition coefficient (Wildman–Crippen LogP) is 2.08. The van der Waals surface area contributed by atoms with Crippen molar-refractivity contribution in [1.29, 1.82) is 0 Å². The standard InChI is InChI=1S/C13H18ClNO3/c1-15(13(17)4-3-7-16)9-10-5-6-12(18-2)11(14)8-10/h5-6,8,16H,3-4,7,9H2,1-2H3. The van der Waals surface area contributed by atoms with Gasteiger partial charge in [-0.2, -0.15) is 0 Å². The summed E-state index contributed by atoms with van der Waals surface area (Å²) < 4.78 is 5.07. The first kappa shape index (κ1) is 14.8. The minimum Gasteiger partial charge on any atom is -0.495 e. The van der Waals surface area contributed by atoms with Gasteiger partial charge in [0.15, 0.2) is 0 Å². The third kappa shape index (κ3) is 4.20. The third-order valence-electron chi connectivity index (χ3n) is 2.61. The molecule has 1 N–H and O–H groups in total. The van der Waals surface area contributed by atoms with Gasteiger partial charge in [-0.15, -0.1) is 0 Å². The fraction of sp³-hybridized carbons (Fsp3) is 0.462. The lowest BCUT2D eigenvalue weighted by Crippen LogP contribution is -2.26. The van der Waals surface area contributed by atoms with Gasteiger partial charge in [-0.25, -0.2) is 0 Å². The van der Waals surface area contributed by atoms with Crippen LogP contribution in [0, 0.1) is 0 Å². The predicted molar refractivity (Wildman–Crippen MR) is 70.8 cm³/mol. The van der Waals surface area contributed by atoms with E-state index in [4.69, 9.17) is 21.4 Å². The minimum atomic E-state index is 0.0102. The molecule has 1 rings (SSSR count). The van der Waals surface area contributed by atoms with Gasteiger partial charge in [-0.1, -0.05) is 17.7 Å². The molecule has 0 fully saturated rings. The number of amides is 1. The summed E-state index contributed by atoms with van der Waals surface area (Å²) in [6.07, 6.45) is 0.851. The number of hydrogen-bond donors (Lipinski definition) is 1. The van der Waals surface area contributed by atoms with E-state index in [1.54, 1.807) is 31.2 Å². The molecule has 0 aromatic heterocycles. The van der Waals surface area contributed by atoms with Gasteiger partial charge in [0.2, 0.25) is 5.91 Å². The Bertz CT molecular complexity index is 409. The number of ether oxygens (including phenoxy) is 1. The Morgan fingerprint density at radius 3 is 2.78 bits per heavy atom. The van der Waals surface area contributed by atoms with Crippen molar-refractivity contribution in [2.45, 2.75) is 19.4 Å². The average molecular weight is 272 g/mol. The Balaban J connectivity index is 2.61. The molecule has 5 heteroatoms. The summed E-state index contributed by atoms with van der Waals surface area (Å²) in [7, 11) is 3.29. The van der Waals surface area contributed by atoms with Crippen LogP contribution in [0.1, 0.15) is 18.4 Å². The highest BCUT2D eigenvalue weighted by molar-refractivity contribution is 6.32.